The molecule has 4 heteroatoms. The molecule has 0 unspecified atom stereocenters. The molecule has 0 aliphatic rings. The van der Waals surface area contributed by atoms with Crippen molar-refractivity contribution in [2.24, 2.45) is 5.41 Å². The lowest BCUT2D eigenvalue weighted by molar-refractivity contribution is -0.149. The molecule has 0 saturated carbocycles. The molecule has 0 bridgehead atoms. The molecule has 0 atom stereocenters. The van der Waals surface area contributed by atoms with E-state index in [4.69, 9.17) is 14.9 Å². The molecule has 0 amide bonds. The summed E-state index contributed by atoms with van der Waals surface area (Å²) in [7, 11) is 0. The quantitative estimate of drug-likeness (QED) is 0.599. The lowest BCUT2D eigenvalue weighted by atomic mass is 9.88. The first-order valence-corrected chi connectivity index (χ1v) is 5.01. The summed E-state index contributed by atoms with van der Waals surface area (Å²) in [4.78, 5) is 11.1. The van der Waals surface area contributed by atoms with Crippen molar-refractivity contribution in [3.05, 3.63) is 0 Å². The molecule has 4 nitrogen and oxygen atoms in total. The fourth-order valence-electron chi connectivity index (χ4n) is 0.977. The smallest absolute Gasteiger partial charge is 0.305 e. The Kier molecular flexibility index (Phi) is 6.49. The van der Waals surface area contributed by atoms with Gasteiger partial charge in [0.15, 0.2) is 0 Å². The Morgan fingerprint density at radius 2 is 1.86 bits per heavy atom. The second kappa shape index (κ2) is 6.79. The largest absolute Gasteiger partial charge is 0.465 e. The minimum Gasteiger partial charge on any atom is -0.465 e. The van der Waals surface area contributed by atoms with Gasteiger partial charge in [-0.25, -0.2) is 0 Å². The Labute approximate surface area is 84.9 Å². The molecule has 0 rings (SSSR count). The van der Waals surface area contributed by atoms with Gasteiger partial charge in [0.25, 0.3) is 0 Å². The van der Waals surface area contributed by atoms with Crippen molar-refractivity contribution in [3.63, 3.8) is 0 Å². The predicted molar refractivity (Wildman–Crippen MR) is 52.8 cm³/mol. The van der Waals surface area contributed by atoms with Gasteiger partial charge in [-0.15, -0.1) is 0 Å². The van der Waals surface area contributed by atoms with E-state index < -0.39 is 5.41 Å². The highest BCUT2D eigenvalue weighted by molar-refractivity contribution is 5.69. The van der Waals surface area contributed by atoms with Crippen molar-refractivity contribution in [2.75, 3.05) is 19.8 Å². The summed E-state index contributed by atoms with van der Waals surface area (Å²) in [6.45, 7) is 3.50. The summed E-state index contributed by atoms with van der Waals surface area (Å²) >= 11 is 0. The first kappa shape index (κ1) is 13.4. The number of carbonyl (C=O) groups is 1. The van der Waals surface area contributed by atoms with Crippen molar-refractivity contribution in [1.82, 2.24) is 0 Å². The SMILES string of the molecule is CCCC(=O)OCC(CC)(CO)CO. The Morgan fingerprint density at radius 1 is 1.29 bits per heavy atom. The number of hydrogen-bond acceptors (Lipinski definition) is 4. The van der Waals surface area contributed by atoms with Gasteiger partial charge >= 0.3 is 5.97 Å². The third-order valence-electron chi connectivity index (χ3n) is 2.41. The number of aliphatic hydroxyl groups excluding tert-OH is 2. The summed E-state index contributed by atoms with van der Waals surface area (Å²) in [6.07, 6.45) is 1.71. The number of ether oxygens (including phenoxy) is 1. The third-order valence-corrected chi connectivity index (χ3v) is 2.41. The van der Waals surface area contributed by atoms with Crippen LogP contribution in [0.15, 0.2) is 0 Å². The topological polar surface area (TPSA) is 66.8 Å². The van der Waals surface area contributed by atoms with Crippen molar-refractivity contribution in [3.8, 4) is 0 Å². The van der Waals surface area contributed by atoms with E-state index in [2.05, 4.69) is 0 Å². The van der Waals surface area contributed by atoms with Gasteiger partial charge in [0.2, 0.25) is 0 Å². The van der Waals surface area contributed by atoms with E-state index in [0.717, 1.165) is 6.42 Å². The van der Waals surface area contributed by atoms with Gasteiger partial charge in [-0.2, -0.15) is 0 Å². The Hall–Kier alpha value is -0.610. The molecule has 0 aliphatic carbocycles. The number of carbonyl (C=O) groups excluding carboxylic acids is 1. The van der Waals surface area contributed by atoms with Crippen LogP contribution in [0.3, 0.4) is 0 Å². The summed E-state index contributed by atoms with van der Waals surface area (Å²) in [5.41, 5.74) is -0.677. The van der Waals surface area contributed by atoms with Gasteiger partial charge in [0.05, 0.1) is 18.6 Å². The van der Waals surface area contributed by atoms with Crippen molar-refractivity contribution in [1.29, 1.82) is 0 Å². The minimum absolute atomic E-state index is 0.0926. The Bertz CT molecular complexity index is 155. The minimum atomic E-state index is -0.677. The summed E-state index contributed by atoms with van der Waals surface area (Å²) < 4.78 is 4.96. The Balaban J connectivity index is 3.99. The monoisotopic (exact) mass is 204 g/mol. The average Bonchev–Trinajstić information content (AvgIpc) is 2.21. The van der Waals surface area contributed by atoms with Crippen LogP contribution in [-0.2, 0) is 9.53 Å². The van der Waals surface area contributed by atoms with E-state index in [9.17, 15) is 4.79 Å². The second-order valence-electron chi connectivity index (χ2n) is 3.58. The van der Waals surface area contributed by atoms with Crippen molar-refractivity contribution >= 4 is 5.97 Å². The summed E-state index contributed by atoms with van der Waals surface area (Å²) in [5, 5.41) is 18.1. The van der Waals surface area contributed by atoms with Gasteiger partial charge in [-0.3, -0.25) is 4.79 Å². The normalized spacial score (nSPS) is 11.4. The molecular weight excluding hydrogens is 184 g/mol. The van der Waals surface area contributed by atoms with Crippen LogP contribution in [0.5, 0.6) is 0 Å². The molecule has 0 heterocycles. The summed E-state index contributed by atoms with van der Waals surface area (Å²) in [6, 6.07) is 0. The molecular formula is C10H20O4. The highest BCUT2D eigenvalue weighted by Crippen LogP contribution is 2.20. The molecule has 0 radical (unpaired) electrons. The lowest BCUT2D eigenvalue weighted by Gasteiger charge is -2.27. The third kappa shape index (κ3) is 4.07. The van der Waals surface area contributed by atoms with E-state index in [0.29, 0.717) is 12.8 Å². The van der Waals surface area contributed by atoms with E-state index in [1.807, 2.05) is 13.8 Å². The molecule has 0 saturated heterocycles. The average molecular weight is 204 g/mol. The highest BCUT2D eigenvalue weighted by atomic mass is 16.5. The maximum atomic E-state index is 11.1. The highest BCUT2D eigenvalue weighted by Gasteiger charge is 2.28. The maximum absolute atomic E-state index is 11.1. The zero-order valence-corrected chi connectivity index (χ0v) is 8.95. The van der Waals surface area contributed by atoms with Crippen LogP contribution in [0.25, 0.3) is 0 Å². The molecule has 14 heavy (non-hydrogen) atoms. The van der Waals surface area contributed by atoms with Gasteiger partial charge < -0.3 is 14.9 Å². The molecule has 0 aromatic carbocycles. The van der Waals surface area contributed by atoms with E-state index in [1.165, 1.54) is 0 Å². The predicted octanol–water partition coefficient (Wildman–Crippen LogP) is 0.711. The van der Waals surface area contributed by atoms with Crippen molar-refractivity contribution in [2.45, 2.75) is 33.1 Å². The second-order valence-corrected chi connectivity index (χ2v) is 3.58. The van der Waals surface area contributed by atoms with Crippen LogP contribution in [0.4, 0.5) is 0 Å². The number of esters is 1. The zero-order valence-electron chi connectivity index (χ0n) is 8.95. The molecule has 0 fully saturated rings. The zero-order chi connectivity index (χ0) is 11.0. The fraction of sp³-hybridized carbons (Fsp3) is 0.900. The first-order valence-electron chi connectivity index (χ1n) is 5.01. The number of aliphatic hydroxyl groups is 2. The molecule has 0 aromatic heterocycles. The van der Waals surface area contributed by atoms with Gasteiger partial charge in [0, 0.05) is 6.42 Å². The van der Waals surface area contributed by atoms with Crippen LogP contribution >= 0.6 is 0 Å². The van der Waals surface area contributed by atoms with Crippen LogP contribution in [0.2, 0.25) is 0 Å². The molecule has 0 aromatic rings. The maximum Gasteiger partial charge on any atom is 0.305 e. The van der Waals surface area contributed by atoms with Gasteiger partial charge in [-0.05, 0) is 12.8 Å². The van der Waals surface area contributed by atoms with Crippen LogP contribution < -0.4 is 0 Å². The first-order chi connectivity index (χ1) is 6.64. The van der Waals surface area contributed by atoms with Gasteiger partial charge in [0.1, 0.15) is 6.61 Å². The standard InChI is InChI=1S/C10H20O4/c1-3-5-9(13)14-8-10(4-2,6-11)7-12/h11-12H,3-8H2,1-2H3. The molecule has 0 aliphatic heterocycles. The van der Waals surface area contributed by atoms with Crippen molar-refractivity contribution < 1.29 is 19.7 Å². The Morgan fingerprint density at radius 3 is 2.21 bits per heavy atom. The molecule has 84 valence electrons. The van der Waals surface area contributed by atoms with E-state index in [1.54, 1.807) is 0 Å². The van der Waals surface area contributed by atoms with Crippen LogP contribution in [-0.4, -0.2) is 36.0 Å². The van der Waals surface area contributed by atoms with Gasteiger partial charge in [-0.1, -0.05) is 13.8 Å². The number of rotatable bonds is 7. The van der Waals surface area contributed by atoms with E-state index in [-0.39, 0.29) is 25.8 Å². The molecule has 2 N–H and O–H groups in total. The fourth-order valence-corrected chi connectivity index (χ4v) is 0.977. The van der Waals surface area contributed by atoms with Crippen LogP contribution in [0, 0.1) is 5.41 Å². The lowest BCUT2D eigenvalue weighted by Crippen LogP contribution is -2.35. The molecule has 0 spiro atoms. The van der Waals surface area contributed by atoms with E-state index >= 15 is 0 Å². The summed E-state index contributed by atoms with van der Waals surface area (Å²) in [5.74, 6) is -0.271. The number of hydrogen-bond donors (Lipinski definition) is 2. The van der Waals surface area contributed by atoms with Crippen LogP contribution in [0.1, 0.15) is 33.1 Å².